The number of carboxylic acids is 1. The van der Waals surface area contributed by atoms with Crippen LogP contribution in [0.4, 0.5) is 5.13 Å². The summed E-state index contributed by atoms with van der Waals surface area (Å²) in [5.74, 6) is -3.30. The van der Waals surface area contributed by atoms with Crippen molar-refractivity contribution in [3.63, 3.8) is 0 Å². The summed E-state index contributed by atoms with van der Waals surface area (Å²) in [7, 11) is 2.50. The Morgan fingerprint density at radius 2 is 2.02 bits per heavy atom. The minimum Gasteiger partial charge on any atom is -0.477 e. The van der Waals surface area contributed by atoms with Crippen molar-refractivity contribution in [3.05, 3.63) is 69.7 Å². The van der Waals surface area contributed by atoms with E-state index in [0.29, 0.717) is 10.5 Å². The molecule has 1 fully saturated rings. The van der Waals surface area contributed by atoms with Crippen LogP contribution in [0.3, 0.4) is 0 Å². The van der Waals surface area contributed by atoms with Crippen molar-refractivity contribution in [1.29, 1.82) is 0 Å². The number of carbonyl (C=O) groups excluding carboxylic acids is 3. The van der Waals surface area contributed by atoms with Crippen LogP contribution < -0.4 is 16.5 Å². The third kappa shape index (κ3) is 5.81. The smallest absolute Gasteiger partial charge is 0.374 e. The summed E-state index contributed by atoms with van der Waals surface area (Å²) >= 11 is 3.40. The topological polar surface area (TPSA) is 201 Å². The lowest BCUT2D eigenvalue weighted by atomic mass is 10.0. The monoisotopic (exact) mass is 644 g/mol. The number of amidine groups is 1. The highest BCUT2D eigenvalue weighted by Gasteiger charge is 2.55. The molecule has 1 aromatic carbocycles. The van der Waals surface area contributed by atoms with Crippen molar-refractivity contribution in [2.24, 2.45) is 10.1 Å². The van der Waals surface area contributed by atoms with Crippen LogP contribution >= 0.6 is 35.0 Å². The Bertz CT molecular complexity index is 1590. The molecule has 1 saturated heterocycles. The number of hydrogen-bond donors (Lipinski definition) is 4. The first-order valence-corrected chi connectivity index (χ1v) is 15.0. The van der Waals surface area contributed by atoms with Gasteiger partial charge in [-0.05, 0) is 5.56 Å². The van der Waals surface area contributed by atoms with Gasteiger partial charge in [-0.15, -0.1) is 15.8 Å². The number of nitrogens with one attached hydrogen (secondary N) is 2. The molecule has 0 aliphatic carbocycles. The number of β-lactam (4-membered cyclic amide) rings is 1. The molecule has 2 aromatic rings. The largest absolute Gasteiger partial charge is 0.477 e. The first kappa shape index (κ1) is 30.1. The van der Waals surface area contributed by atoms with Crippen molar-refractivity contribution in [2.45, 2.75) is 17.6 Å². The Morgan fingerprint density at radius 1 is 1.28 bits per heavy atom. The van der Waals surface area contributed by atoms with E-state index in [1.807, 2.05) is 30.3 Å². The molecule has 1 aromatic heterocycles. The van der Waals surface area contributed by atoms with Gasteiger partial charge in [0.05, 0.1) is 7.11 Å². The van der Waals surface area contributed by atoms with Crippen molar-refractivity contribution in [1.82, 2.24) is 25.0 Å². The number of esters is 1. The molecular formula is C25H24N8O7S3. The molecule has 3 aliphatic rings. The number of hydrazine groups is 1. The predicted molar refractivity (Wildman–Crippen MR) is 160 cm³/mol. The SMILES string of the molecule is C=C1S[C@@H]2[C@H](NC(=O)/C(=N\OC)c3csc(N)n3)C(=O)N2C(C(=O)O)=C1CSN1NC(C(=O)OC)=NC1c1ccccc1. The molecule has 3 atom stereocenters. The number of aromatic nitrogens is 1. The fraction of sp³-hybridized carbons (Fsp3) is 0.240. The van der Waals surface area contributed by atoms with E-state index in [-0.39, 0.29) is 33.8 Å². The van der Waals surface area contributed by atoms with Crippen LogP contribution in [0.1, 0.15) is 17.4 Å². The Morgan fingerprint density at radius 3 is 2.65 bits per heavy atom. The molecule has 5 N–H and O–H groups in total. The minimum atomic E-state index is -1.33. The number of allylic oxidation sites excluding steroid dienone is 1. The summed E-state index contributed by atoms with van der Waals surface area (Å²) in [6.45, 7) is 4.05. The average molecular weight is 645 g/mol. The number of nitrogens with two attached hydrogens (primary N) is 1. The van der Waals surface area contributed by atoms with Gasteiger partial charge in [-0.3, -0.25) is 19.9 Å². The molecule has 0 spiro atoms. The van der Waals surface area contributed by atoms with Crippen LogP contribution in [0.5, 0.6) is 0 Å². The molecule has 43 heavy (non-hydrogen) atoms. The standard InChI is InChI=1S/C25H24N8O7S3/c1-11-13(9-42-33-19(12-7-5-4-6-8-12)29-18(30-33)24(38)39-2)17(23(36)37)32-21(35)16(22(32)43-11)28-20(34)15(31-40-3)14-10-41-25(26)27-14/h4-8,10,16,19,22H,1,9H2,2-3H3,(H2,26,27)(H,28,34)(H,29,30)(H,36,37)/b31-15-/t16-,19?,22-/m1/s1. The number of thioether (sulfide) groups is 1. The number of methoxy groups -OCH3 is 1. The van der Waals surface area contributed by atoms with Gasteiger partial charge in [0.2, 0.25) is 5.84 Å². The van der Waals surface area contributed by atoms with Crippen LogP contribution in [-0.4, -0.2) is 86.1 Å². The van der Waals surface area contributed by atoms with E-state index in [1.54, 1.807) is 4.41 Å². The molecular weight excluding hydrogens is 621 g/mol. The van der Waals surface area contributed by atoms with Gasteiger partial charge in [0.25, 0.3) is 11.8 Å². The number of nitrogen functional groups attached to an aromatic ring is 1. The number of ether oxygens (including phenoxy) is 1. The summed E-state index contributed by atoms with van der Waals surface area (Å²) in [6, 6.07) is 8.12. The van der Waals surface area contributed by atoms with Crippen LogP contribution in [0, 0.1) is 0 Å². The number of rotatable bonds is 10. The fourth-order valence-corrected chi connectivity index (χ4v) is 7.29. The number of nitrogens with zero attached hydrogens (tertiary/aromatic N) is 5. The van der Waals surface area contributed by atoms with Crippen molar-refractivity contribution in [2.75, 3.05) is 25.7 Å². The van der Waals surface area contributed by atoms with E-state index in [2.05, 4.69) is 32.5 Å². The Kier molecular flexibility index (Phi) is 8.71. The number of hydrogen-bond acceptors (Lipinski definition) is 15. The first-order chi connectivity index (χ1) is 20.6. The molecule has 1 unspecified atom stereocenters. The molecule has 0 radical (unpaired) electrons. The number of carbonyl (C=O) groups is 4. The van der Waals surface area contributed by atoms with Gasteiger partial charge in [0.1, 0.15) is 29.9 Å². The zero-order valence-corrected chi connectivity index (χ0v) is 25.0. The summed E-state index contributed by atoms with van der Waals surface area (Å²) < 4.78 is 6.39. The van der Waals surface area contributed by atoms with E-state index in [9.17, 15) is 24.3 Å². The number of fused-ring (bicyclic) bond motifs is 1. The maximum Gasteiger partial charge on any atom is 0.374 e. The lowest BCUT2D eigenvalue weighted by Crippen LogP contribution is -2.71. The number of benzene rings is 1. The number of aliphatic imine (C=N–C) groups is 1. The quantitative estimate of drug-likeness (QED) is 0.0942. The molecule has 0 bridgehead atoms. The van der Waals surface area contributed by atoms with Crippen LogP contribution in [0.25, 0.3) is 0 Å². The van der Waals surface area contributed by atoms with Crippen LogP contribution in [-0.2, 0) is 28.8 Å². The van der Waals surface area contributed by atoms with Gasteiger partial charge in [0, 0.05) is 21.6 Å². The lowest BCUT2D eigenvalue weighted by molar-refractivity contribution is -0.150. The summed E-state index contributed by atoms with van der Waals surface area (Å²) in [5.41, 5.74) is 9.38. The lowest BCUT2D eigenvalue weighted by Gasteiger charge is -2.49. The summed E-state index contributed by atoms with van der Waals surface area (Å²) in [4.78, 5) is 65.7. The zero-order valence-electron chi connectivity index (χ0n) is 22.5. The molecule has 3 aliphatic heterocycles. The second-order valence-corrected chi connectivity index (χ2v) is 11.9. The second-order valence-electron chi connectivity index (χ2n) is 8.88. The maximum atomic E-state index is 13.2. The number of thiazole rings is 1. The van der Waals surface area contributed by atoms with Gasteiger partial charge in [-0.2, -0.15) is 0 Å². The van der Waals surface area contributed by atoms with Gasteiger partial charge >= 0.3 is 11.9 Å². The Labute approximate surface area is 257 Å². The molecule has 5 rings (SSSR count). The van der Waals surface area contributed by atoms with Gasteiger partial charge in [0.15, 0.2) is 17.0 Å². The fourth-order valence-electron chi connectivity index (χ4n) is 4.37. The predicted octanol–water partition coefficient (Wildman–Crippen LogP) is 1.07. The minimum absolute atomic E-state index is 0.0126. The molecule has 18 heteroatoms. The highest BCUT2D eigenvalue weighted by Crippen LogP contribution is 2.47. The normalized spacial score (nSPS) is 21.9. The van der Waals surface area contributed by atoms with Crippen molar-refractivity contribution < 1.29 is 33.9 Å². The molecule has 4 heterocycles. The van der Waals surface area contributed by atoms with Crippen molar-refractivity contribution >= 4 is 75.5 Å². The molecule has 15 nitrogen and oxygen atoms in total. The van der Waals surface area contributed by atoms with Crippen LogP contribution in [0.2, 0.25) is 0 Å². The molecule has 224 valence electrons. The van der Waals surface area contributed by atoms with Crippen LogP contribution in [0.15, 0.2) is 68.6 Å². The second kappa shape index (κ2) is 12.5. The Balaban J connectivity index is 1.34. The Hall–Kier alpha value is -4.39. The number of oxime groups is 1. The van der Waals surface area contributed by atoms with E-state index in [4.69, 9.17) is 15.3 Å². The number of amides is 2. The van der Waals surface area contributed by atoms with E-state index in [1.165, 1.54) is 19.6 Å². The first-order valence-electron chi connectivity index (χ1n) is 12.3. The number of anilines is 1. The van der Waals surface area contributed by atoms with Crippen molar-refractivity contribution in [3.8, 4) is 0 Å². The van der Waals surface area contributed by atoms with Gasteiger partial charge < -0.3 is 25.7 Å². The van der Waals surface area contributed by atoms with E-state index >= 15 is 0 Å². The third-order valence-corrected chi connectivity index (χ3v) is 9.25. The average Bonchev–Trinajstić information content (AvgIpc) is 3.63. The third-order valence-electron chi connectivity index (χ3n) is 6.33. The van der Waals surface area contributed by atoms with E-state index in [0.717, 1.165) is 45.5 Å². The number of carboxylic acid groups (broad SMARTS) is 1. The maximum absolute atomic E-state index is 13.2. The summed E-state index contributed by atoms with van der Waals surface area (Å²) in [6.07, 6.45) is -0.618. The number of aliphatic carboxylic acids is 1. The molecule has 0 saturated carbocycles. The summed E-state index contributed by atoms with van der Waals surface area (Å²) in [5, 5.41) is 17.4. The highest BCUT2D eigenvalue weighted by molar-refractivity contribution is 8.04. The molecule has 2 amide bonds. The highest BCUT2D eigenvalue weighted by atomic mass is 32.2. The van der Waals surface area contributed by atoms with Gasteiger partial charge in [-0.25, -0.2) is 19.6 Å². The van der Waals surface area contributed by atoms with Gasteiger partial charge in [-0.1, -0.05) is 65.8 Å². The zero-order chi connectivity index (χ0) is 30.8. The van der Waals surface area contributed by atoms with E-state index < -0.39 is 41.3 Å².